The molecule has 0 saturated carbocycles. The molecule has 20 heavy (non-hydrogen) atoms. The van der Waals surface area contributed by atoms with Crippen molar-refractivity contribution in [2.24, 2.45) is 0 Å². The van der Waals surface area contributed by atoms with Gasteiger partial charge in [0.05, 0.1) is 5.69 Å². The third-order valence-corrected chi connectivity index (χ3v) is 2.88. The van der Waals surface area contributed by atoms with Gasteiger partial charge in [0, 0.05) is 17.4 Å². The van der Waals surface area contributed by atoms with Crippen molar-refractivity contribution in [2.75, 3.05) is 5.32 Å². The molecule has 0 fully saturated rings. The number of aromatic nitrogens is 1. The fraction of sp³-hybridized carbons (Fsp3) is 0. The lowest BCUT2D eigenvalue weighted by molar-refractivity contribution is 0.255. The first-order valence-electron chi connectivity index (χ1n) is 5.75. The van der Waals surface area contributed by atoms with Crippen LogP contribution in [0.5, 0.6) is 0 Å². The number of anilines is 1. The lowest BCUT2D eigenvalue weighted by Crippen LogP contribution is -2.23. The highest BCUT2D eigenvalue weighted by Crippen LogP contribution is 2.17. The van der Waals surface area contributed by atoms with Crippen molar-refractivity contribution in [3.8, 4) is 0 Å². The van der Waals surface area contributed by atoms with E-state index >= 15 is 0 Å². The molecular formula is C14H11Cl2N3O. The zero-order chi connectivity index (χ0) is 14.4. The predicted octanol–water partition coefficient (Wildman–Crippen LogP) is 4.18. The number of halogens is 2. The summed E-state index contributed by atoms with van der Waals surface area (Å²) in [7, 11) is 0. The van der Waals surface area contributed by atoms with E-state index in [0.29, 0.717) is 10.7 Å². The van der Waals surface area contributed by atoms with Gasteiger partial charge in [0.15, 0.2) is 5.15 Å². The SMILES string of the molecule is O=C(N/C=C/c1cccc(Cl)c1)Nc1cccnc1Cl. The summed E-state index contributed by atoms with van der Waals surface area (Å²) in [6.07, 6.45) is 4.80. The summed E-state index contributed by atoms with van der Waals surface area (Å²) in [5.74, 6) is 0. The molecule has 1 aromatic carbocycles. The second-order valence-corrected chi connectivity index (χ2v) is 4.62. The molecule has 2 N–H and O–H groups in total. The van der Waals surface area contributed by atoms with Crippen molar-refractivity contribution in [2.45, 2.75) is 0 Å². The minimum absolute atomic E-state index is 0.237. The number of carbonyl (C=O) groups is 1. The van der Waals surface area contributed by atoms with Gasteiger partial charge in [0.25, 0.3) is 0 Å². The Morgan fingerprint density at radius 1 is 1.20 bits per heavy atom. The summed E-state index contributed by atoms with van der Waals surface area (Å²) in [5, 5.41) is 6.03. The van der Waals surface area contributed by atoms with Crippen molar-refractivity contribution >= 4 is 41.0 Å². The van der Waals surface area contributed by atoms with Crippen LogP contribution in [0.3, 0.4) is 0 Å². The average Bonchev–Trinajstić information content (AvgIpc) is 2.41. The van der Waals surface area contributed by atoms with E-state index in [1.807, 2.05) is 12.1 Å². The molecule has 0 saturated heterocycles. The molecule has 0 unspecified atom stereocenters. The largest absolute Gasteiger partial charge is 0.323 e. The Hall–Kier alpha value is -2.04. The molecule has 1 aromatic heterocycles. The molecule has 0 bridgehead atoms. The molecule has 0 radical (unpaired) electrons. The predicted molar refractivity (Wildman–Crippen MR) is 81.9 cm³/mol. The molecule has 0 aliphatic heterocycles. The fourth-order valence-electron chi connectivity index (χ4n) is 1.46. The molecule has 0 atom stereocenters. The van der Waals surface area contributed by atoms with Crippen molar-refractivity contribution in [3.63, 3.8) is 0 Å². The Balaban J connectivity index is 1.91. The van der Waals surface area contributed by atoms with Gasteiger partial charge in [-0.05, 0) is 35.9 Å². The highest BCUT2D eigenvalue weighted by atomic mass is 35.5. The van der Waals surface area contributed by atoms with Gasteiger partial charge in [-0.25, -0.2) is 9.78 Å². The van der Waals surface area contributed by atoms with Crippen LogP contribution in [-0.4, -0.2) is 11.0 Å². The molecule has 4 nitrogen and oxygen atoms in total. The number of rotatable bonds is 3. The van der Waals surface area contributed by atoms with Crippen LogP contribution in [0.25, 0.3) is 6.08 Å². The van der Waals surface area contributed by atoms with Crippen LogP contribution in [0, 0.1) is 0 Å². The number of urea groups is 1. The highest BCUT2D eigenvalue weighted by Gasteiger charge is 2.03. The highest BCUT2D eigenvalue weighted by molar-refractivity contribution is 6.32. The molecule has 1 heterocycles. The lowest BCUT2D eigenvalue weighted by Gasteiger charge is -2.05. The number of hydrogen-bond donors (Lipinski definition) is 2. The fourth-order valence-corrected chi connectivity index (χ4v) is 1.83. The average molecular weight is 308 g/mol. The normalized spacial score (nSPS) is 10.5. The summed E-state index contributed by atoms with van der Waals surface area (Å²) in [4.78, 5) is 15.5. The van der Waals surface area contributed by atoms with Gasteiger partial charge in [-0.15, -0.1) is 0 Å². The summed E-state index contributed by atoms with van der Waals surface area (Å²) in [5.41, 5.74) is 1.33. The number of amides is 2. The van der Waals surface area contributed by atoms with Crippen LogP contribution in [-0.2, 0) is 0 Å². The molecule has 102 valence electrons. The molecule has 2 aromatic rings. The molecule has 6 heteroatoms. The number of nitrogens with zero attached hydrogens (tertiary/aromatic N) is 1. The van der Waals surface area contributed by atoms with Crippen molar-refractivity contribution in [3.05, 3.63) is 64.5 Å². The Kier molecular flexibility index (Phi) is 4.98. The second-order valence-electron chi connectivity index (χ2n) is 3.83. The van der Waals surface area contributed by atoms with E-state index in [4.69, 9.17) is 23.2 Å². The van der Waals surface area contributed by atoms with Crippen LogP contribution in [0.15, 0.2) is 48.8 Å². The number of carbonyl (C=O) groups excluding carboxylic acids is 1. The number of hydrogen-bond acceptors (Lipinski definition) is 2. The smallest absolute Gasteiger partial charge is 0.314 e. The second kappa shape index (κ2) is 6.93. The van der Waals surface area contributed by atoms with E-state index in [-0.39, 0.29) is 5.15 Å². The number of benzene rings is 1. The quantitative estimate of drug-likeness (QED) is 0.836. The first kappa shape index (κ1) is 14.4. The molecule has 2 rings (SSSR count). The zero-order valence-corrected chi connectivity index (χ0v) is 11.8. The van der Waals surface area contributed by atoms with Crippen molar-refractivity contribution in [1.29, 1.82) is 0 Å². The van der Waals surface area contributed by atoms with E-state index in [9.17, 15) is 4.79 Å². The maximum atomic E-state index is 11.6. The van der Waals surface area contributed by atoms with E-state index < -0.39 is 6.03 Å². The first-order chi connectivity index (χ1) is 9.65. The third kappa shape index (κ3) is 4.26. The third-order valence-electron chi connectivity index (χ3n) is 2.35. The van der Waals surface area contributed by atoms with Gasteiger partial charge in [-0.2, -0.15) is 0 Å². The minimum Gasteiger partial charge on any atom is -0.314 e. The molecular weight excluding hydrogens is 297 g/mol. The van der Waals surface area contributed by atoms with Crippen molar-refractivity contribution < 1.29 is 4.79 Å². The van der Waals surface area contributed by atoms with E-state index in [1.54, 1.807) is 36.5 Å². The minimum atomic E-state index is -0.404. The Labute approximate surface area is 126 Å². The van der Waals surface area contributed by atoms with E-state index in [2.05, 4.69) is 15.6 Å². The first-order valence-corrected chi connectivity index (χ1v) is 6.51. The van der Waals surface area contributed by atoms with Crippen LogP contribution in [0.1, 0.15) is 5.56 Å². The number of pyridine rings is 1. The van der Waals surface area contributed by atoms with E-state index in [1.165, 1.54) is 6.20 Å². The summed E-state index contributed by atoms with van der Waals surface area (Å²) in [6, 6.07) is 10.2. The van der Waals surface area contributed by atoms with Crippen molar-refractivity contribution in [1.82, 2.24) is 10.3 Å². The van der Waals surface area contributed by atoms with Gasteiger partial charge in [-0.3, -0.25) is 0 Å². The van der Waals surface area contributed by atoms with Crippen LogP contribution in [0.4, 0.5) is 10.5 Å². The van der Waals surface area contributed by atoms with Crippen LogP contribution in [0.2, 0.25) is 10.2 Å². The molecule has 0 aliphatic rings. The van der Waals surface area contributed by atoms with Gasteiger partial charge in [0.1, 0.15) is 0 Å². The van der Waals surface area contributed by atoms with Gasteiger partial charge >= 0.3 is 6.03 Å². The topological polar surface area (TPSA) is 54.0 Å². The Bertz CT molecular complexity index is 644. The summed E-state index contributed by atoms with van der Waals surface area (Å²) < 4.78 is 0. The molecule has 2 amide bonds. The maximum Gasteiger partial charge on any atom is 0.323 e. The van der Waals surface area contributed by atoms with Crippen LogP contribution >= 0.6 is 23.2 Å². The van der Waals surface area contributed by atoms with E-state index in [0.717, 1.165) is 5.56 Å². The lowest BCUT2D eigenvalue weighted by atomic mass is 10.2. The Morgan fingerprint density at radius 3 is 2.80 bits per heavy atom. The van der Waals surface area contributed by atoms with Gasteiger partial charge in [0.2, 0.25) is 0 Å². The monoisotopic (exact) mass is 307 g/mol. The van der Waals surface area contributed by atoms with Gasteiger partial charge < -0.3 is 10.6 Å². The Morgan fingerprint density at radius 2 is 2.05 bits per heavy atom. The zero-order valence-electron chi connectivity index (χ0n) is 10.3. The summed E-state index contributed by atoms with van der Waals surface area (Å²) in [6.45, 7) is 0. The maximum absolute atomic E-state index is 11.6. The van der Waals surface area contributed by atoms with Gasteiger partial charge in [-0.1, -0.05) is 35.3 Å². The standard InChI is InChI=1S/C14H11Cl2N3O/c15-11-4-1-3-10(9-11)6-8-18-14(20)19-12-5-2-7-17-13(12)16/h1-9H,(H2,18,19,20)/b8-6+. The summed E-state index contributed by atoms with van der Waals surface area (Å²) >= 11 is 11.7. The number of nitrogens with one attached hydrogen (secondary N) is 2. The van der Waals surface area contributed by atoms with Crippen LogP contribution < -0.4 is 10.6 Å². The molecule has 0 aliphatic carbocycles. The molecule has 0 spiro atoms.